The van der Waals surface area contributed by atoms with Crippen molar-refractivity contribution < 1.29 is 4.79 Å². The fourth-order valence-corrected chi connectivity index (χ4v) is 1.96. The number of alkyl halides is 1. The van der Waals surface area contributed by atoms with E-state index in [4.69, 9.17) is 0 Å². The molecule has 1 rings (SSSR count). The van der Waals surface area contributed by atoms with Crippen molar-refractivity contribution in [2.24, 2.45) is 0 Å². The molecule has 0 aliphatic rings. The van der Waals surface area contributed by atoms with Crippen molar-refractivity contribution in [3.05, 3.63) is 36.9 Å². The minimum atomic E-state index is -0.566. The minimum absolute atomic E-state index is 0.0517. The Hall–Kier alpha value is -0.740. The largest absolute Gasteiger partial charge is 0.324 e. The summed E-state index contributed by atoms with van der Waals surface area (Å²) >= 11 is 5.00. The van der Waals surface area contributed by atoms with Crippen molar-refractivity contribution in [2.75, 3.05) is 11.1 Å². The Balaban J connectivity index is 2.83. The maximum Gasteiger partial charge on any atom is 0.240 e. The maximum atomic E-state index is 11.9. The van der Waals surface area contributed by atoms with Crippen molar-refractivity contribution in [1.29, 1.82) is 0 Å². The molecule has 0 aliphatic heterocycles. The van der Waals surface area contributed by atoms with Gasteiger partial charge < -0.3 is 5.32 Å². The molecule has 0 atom stereocenters. The molecule has 0 spiro atoms. The number of para-hydroxylation sites is 1. The number of rotatable bonds is 5. The second-order valence-electron chi connectivity index (χ2n) is 4.02. The summed E-state index contributed by atoms with van der Waals surface area (Å²) in [4.78, 5) is 12.9. The summed E-state index contributed by atoms with van der Waals surface area (Å²) in [6, 6.07) is 7.77. The van der Waals surface area contributed by atoms with Gasteiger partial charge in [-0.25, -0.2) is 0 Å². The number of benzene rings is 1. The highest BCUT2D eigenvalue weighted by Gasteiger charge is 2.24. The molecule has 1 amide bonds. The first-order chi connectivity index (χ1) is 7.95. The maximum absolute atomic E-state index is 11.9. The Morgan fingerprint density at radius 1 is 1.53 bits per heavy atom. The number of halogens is 1. The standard InChI is InChI=1S/C13H16BrNOS/c1-4-9-17-11-8-6-5-7-10(11)15-12(16)13(2,3)14/h4-8H,1,9H2,2-3H3,(H,15,16). The van der Waals surface area contributed by atoms with Crippen molar-refractivity contribution in [3.8, 4) is 0 Å². The van der Waals surface area contributed by atoms with Gasteiger partial charge in [0.2, 0.25) is 5.91 Å². The fourth-order valence-electron chi connectivity index (χ4n) is 1.12. The summed E-state index contributed by atoms with van der Waals surface area (Å²) in [7, 11) is 0. The van der Waals surface area contributed by atoms with Gasteiger partial charge >= 0.3 is 0 Å². The molecule has 4 heteroatoms. The molecule has 0 radical (unpaired) electrons. The van der Waals surface area contributed by atoms with Crippen LogP contribution in [0.3, 0.4) is 0 Å². The van der Waals surface area contributed by atoms with Gasteiger partial charge in [0.15, 0.2) is 0 Å². The van der Waals surface area contributed by atoms with E-state index in [0.29, 0.717) is 0 Å². The van der Waals surface area contributed by atoms with Gasteiger partial charge in [-0.05, 0) is 26.0 Å². The average molecular weight is 314 g/mol. The second kappa shape index (κ2) is 6.26. The normalized spacial score (nSPS) is 11.0. The van der Waals surface area contributed by atoms with E-state index < -0.39 is 4.32 Å². The number of hydrogen-bond donors (Lipinski definition) is 1. The van der Waals surface area contributed by atoms with Crippen molar-refractivity contribution in [3.63, 3.8) is 0 Å². The molecule has 17 heavy (non-hydrogen) atoms. The van der Waals surface area contributed by atoms with Gasteiger partial charge in [-0.2, -0.15) is 0 Å². The third kappa shape index (κ3) is 4.56. The van der Waals surface area contributed by atoms with Crippen LogP contribution in [0.5, 0.6) is 0 Å². The quantitative estimate of drug-likeness (QED) is 0.504. The molecule has 0 unspecified atom stereocenters. The van der Waals surface area contributed by atoms with Crippen LogP contribution in [0.4, 0.5) is 5.69 Å². The molecule has 0 saturated heterocycles. The topological polar surface area (TPSA) is 29.1 Å². The predicted molar refractivity (Wildman–Crippen MR) is 79.0 cm³/mol. The van der Waals surface area contributed by atoms with E-state index in [9.17, 15) is 4.79 Å². The summed E-state index contributed by atoms with van der Waals surface area (Å²) in [6.45, 7) is 7.33. The Morgan fingerprint density at radius 3 is 2.76 bits per heavy atom. The lowest BCUT2D eigenvalue weighted by atomic mass is 10.2. The third-order valence-corrected chi connectivity index (χ3v) is 3.46. The Kier molecular flexibility index (Phi) is 5.28. The Morgan fingerprint density at radius 2 is 2.18 bits per heavy atom. The lowest BCUT2D eigenvalue weighted by molar-refractivity contribution is -0.117. The van der Waals surface area contributed by atoms with E-state index in [1.807, 2.05) is 44.2 Å². The number of carbonyl (C=O) groups is 1. The molecule has 0 aliphatic carbocycles. The molecule has 0 saturated carbocycles. The van der Waals surface area contributed by atoms with Gasteiger partial charge in [0.05, 0.1) is 10.0 Å². The van der Waals surface area contributed by atoms with Crippen LogP contribution in [0.15, 0.2) is 41.8 Å². The lowest BCUT2D eigenvalue weighted by Crippen LogP contribution is -2.31. The van der Waals surface area contributed by atoms with Crippen LogP contribution in [0.25, 0.3) is 0 Å². The van der Waals surface area contributed by atoms with Gasteiger partial charge in [-0.3, -0.25) is 4.79 Å². The van der Waals surface area contributed by atoms with Crippen LogP contribution in [0, 0.1) is 0 Å². The first-order valence-corrected chi connectivity index (χ1v) is 7.06. The molecule has 1 N–H and O–H groups in total. The van der Waals surface area contributed by atoms with E-state index in [1.54, 1.807) is 11.8 Å². The molecule has 0 fully saturated rings. The van der Waals surface area contributed by atoms with E-state index in [-0.39, 0.29) is 5.91 Å². The number of anilines is 1. The van der Waals surface area contributed by atoms with Crippen LogP contribution in [0.2, 0.25) is 0 Å². The zero-order chi connectivity index (χ0) is 12.9. The minimum Gasteiger partial charge on any atom is -0.324 e. The van der Waals surface area contributed by atoms with Gasteiger partial charge in [-0.1, -0.05) is 34.1 Å². The van der Waals surface area contributed by atoms with E-state index in [0.717, 1.165) is 16.3 Å². The van der Waals surface area contributed by atoms with E-state index >= 15 is 0 Å². The highest BCUT2D eigenvalue weighted by atomic mass is 79.9. The molecule has 1 aromatic rings. The van der Waals surface area contributed by atoms with Crippen LogP contribution >= 0.6 is 27.7 Å². The molecule has 0 bridgehead atoms. The van der Waals surface area contributed by atoms with Gasteiger partial charge in [-0.15, -0.1) is 18.3 Å². The smallest absolute Gasteiger partial charge is 0.240 e. The molecule has 92 valence electrons. The number of thioether (sulfide) groups is 1. The monoisotopic (exact) mass is 313 g/mol. The Labute approximate surface area is 115 Å². The summed E-state index contributed by atoms with van der Waals surface area (Å²) in [5.74, 6) is 0.772. The summed E-state index contributed by atoms with van der Waals surface area (Å²) in [5, 5.41) is 2.92. The molecule has 2 nitrogen and oxygen atoms in total. The van der Waals surface area contributed by atoms with Gasteiger partial charge in [0, 0.05) is 10.6 Å². The van der Waals surface area contributed by atoms with Crippen LogP contribution < -0.4 is 5.32 Å². The van der Waals surface area contributed by atoms with Crippen LogP contribution in [-0.2, 0) is 4.79 Å². The number of amides is 1. The molecule has 1 aromatic carbocycles. The zero-order valence-electron chi connectivity index (χ0n) is 10.00. The van der Waals surface area contributed by atoms with Gasteiger partial charge in [0.1, 0.15) is 0 Å². The van der Waals surface area contributed by atoms with E-state index in [2.05, 4.69) is 27.8 Å². The first kappa shape index (κ1) is 14.3. The molecule has 0 aromatic heterocycles. The molecular formula is C13H16BrNOS. The summed E-state index contributed by atoms with van der Waals surface area (Å²) < 4.78 is -0.566. The second-order valence-corrected chi connectivity index (χ2v) is 7.07. The third-order valence-electron chi connectivity index (χ3n) is 2.03. The summed E-state index contributed by atoms with van der Waals surface area (Å²) in [5.41, 5.74) is 0.844. The first-order valence-electron chi connectivity index (χ1n) is 5.28. The zero-order valence-corrected chi connectivity index (χ0v) is 12.4. The summed E-state index contributed by atoms with van der Waals surface area (Å²) in [6.07, 6.45) is 1.84. The molecular weight excluding hydrogens is 298 g/mol. The number of carbonyl (C=O) groups excluding carboxylic acids is 1. The predicted octanol–water partition coefficient (Wildman–Crippen LogP) is 4.08. The van der Waals surface area contributed by atoms with Crippen molar-refractivity contribution >= 4 is 39.3 Å². The average Bonchev–Trinajstić information content (AvgIpc) is 2.26. The lowest BCUT2D eigenvalue weighted by Gasteiger charge is -2.17. The number of hydrogen-bond acceptors (Lipinski definition) is 2. The highest BCUT2D eigenvalue weighted by Crippen LogP contribution is 2.28. The fraction of sp³-hybridized carbons (Fsp3) is 0.308. The van der Waals surface area contributed by atoms with Crippen molar-refractivity contribution in [2.45, 2.75) is 23.1 Å². The van der Waals surface area contributed by atoms with E-state index in [1.165, 1.54) is 0 Å². The number of nitrogens with one attached hydrogen (secondary N) is 1. The van der Waals surface area contributed by atoms with Crippen molar-refractivity contribution in [1.82, 2.24) is 0 Å². The Bertz CT molecular complexity index is 412. The SMILES string of the molecule is C=CCSc1ccccc1NC(=O)C(C)(C)Br. The van der Waals surface area contributed by atoms with Gasteiger partial charge in [0.25, 0.3) is 0 Å². The van der Waals surface area contributed by atoms with Crippen LogP contribution in [0.1, 0.15) is 13.8 Å². The van der Waals surface area contributed by atoms with Crippen LogP contribution in [-0.4, -0.2) is 16.0 Å². The molecule has 0 heterocycles. The highest BCUT2D eigenvalue weighted by molar-refractivity contribution is 9.10.